The number of nitrogens with one attached hydrogen (secondary N) is 1. The molecule has 0 radical (unpaired) electrons. The summed E-state index contributed by atoms with van der Waals surface area (Å²) in [5, 5.41) is 3.94. The monoisotopic (exact) mass is 237 g/mol. The summed E-state index contributed by atoms with van der Waals surface area (Å²) in [5.74, 6) is 1.71. The van der Waals surface area contributed by atoms with E-state index >= 15 is 0 Å². The van der Waals surface area contributed by atoms with Gasteiger partial charge in [0.2, 0.25) is 0 Å². The Balaban J connectivity index is 1.61. The molecule has 2 heteroatoms. The zero-order valence-electron chi connectivity index (χ0n) is 11.5. The SMILES string of the molecule is CC(NC1C2CCOC2C1(C)C)C1CCCC1. The molecule has 3 rings (SSSR count). The first kappa shape index (κ1) is 12.0. The third-order valence-electron chi connectivity index (χ3n) is 5.65. The summed E-state index contributed by atoms with van der Waals surface area (Å²) in [6, 6.07) is 1.38. The lowest BCUT2D eigenvalue weighted by molar-refractivity contribution is -0.116. The molecular formula is C15H27NO. The van der Waals surface area contributed by atoms with Gasteiger partial charge >= 0.3 is 0 Å². The molecule has 0 bridgehead atoms. The minimum absolute atomic E-state index is 0.341. The van der Waals surface area contributed by atoms with Crippen molar-refractivity contribution in [1.82, 2.24) is 5.32 Å². The summed E-state index contributed by atoms with van der Waals surface area (Å²) in [5.41, 5.74) is 0.341. The highest BCUT2D eigenvalue weighted by molar-refractivity contribution is 5.11. The van der Waals surface area contributed by atoms with Crippen molar-refractivity contribution in [2.24, 2.45) is 17.3 Å². The van der Waals surface area contributed by atoms with Crippen molar-refractivity contribution < 1.29 is 4.74 Å². The zero-order chi connectivity index (χ0) is 12.0. The fraction of sp³-hybridized carbons (Fsp3) is 1.00. The van der Waals surface area contributed by atoms with E-state index in [0.717, 1.165) is 18.4 Å². The molecule has 1 N–H and O–H groups in total. The van der Waals surface area contributed by atoms with E-state index in [-0.39, 0.29) is 0 Å². The first-order valence-electron chi connectivity index (χ1n) is 7.48. The quantitative estimate of drug-likeness (QED) is 0.815. The van der Waals surface area contributed by atoms with Crippen LogP contribution in [0.1, 0.15) is 52.9 Å². The molecule has 0 amide bonds. The zero-order valence-corrected chi connectivity index (χ0v) is 11.5. The summed E-state index contributed by atoms with van der Waals surface area (Å²) in [6.07, 6.45) is 7.55. The van der Waals surface area contributed by atoms with E-state index in [4.69, 9.17) is 4.74 Å². The van der Waals surface area contributed by atoms with Crippen molar-refractivity contribution in [1.29, 1.82) is 0 Å². The second kappa shape index (κ2) is 4.24. The van der Waals surface area contributed by atoms with Gasteiger partial charge < -0.3 is 10.1 Å². The maximum Gasteiger partial charge on any atom is 0.0685 e. The lowest BCUT2D eigenvalue weighted by Gasteiger charge is -2.56. The number of rotatable bonds is 3. The minimum Gasteiger partial charge on any atom is -0.377 e. The third kappa shape index (κ3) is 1.84. The number of hydrogen-bond donors (Lipinski definition) is 1. The smallest absolute Gasteiger partial charge is 0.0685 e. The molecule has 0 aromatic heterocycles. The average Bonchev–Trinajstić information content (AvgIpc) is 2.95. The Morgan fingerprint density at radius 1 is 1.18 bits per heavy atom. The Hall–Kier alpha value is -0.0800. The highest BCUT2D eigenvalue weighted by atomic mass is 16.5. The van der Waals surface area contributed by atoms with Crippen LogP contribution < -0.4 is 5.32 Å². The van der Waals surface area contributed by atoms with E-state index < -0.39 is 0 Å². The van der Waals surface area contributed by atoms with Crippen LogP contribution in [-0.4, -0.2) is 24.8 Å². The molecule has 3 aliphatic rings. The molecule has 2 aliphatic carbocycles. The van der Waals surface area contributed by atoms with Gasteiger partial charge in [-0.3, -0.25) is 0 Å². The Bertz CT molecular complexity index is 283. The molecule has 17 heavy (non-hydrogen) atoms. The van der Waals surface area contributed by atoms with Crippen LogP contribution in [0.25, 0.3) is 0 Å². The molecule has 2 nitrogen and oxygen atoms in total. The van der Waals surface area contributed by atoms with Crippen LogP contribution in [0.2, 0.25) is 0 Å². The van der Waals surface area contributed by atoms with Crippen molar-refractivity contribution in [3.8, 4) is 0 Å². The summed E-state index contributed by atoms with van der Waals surface area (Å²) < 4.78 is 5.86. The van der Waals surface area contributed by atoms with Gasteiger partial charge in [0, 0.05) is 30.0 Å². The van der Waals surface area contributed by atoms with Gasteiger partial charge in [0.1, 0.15) is 0 Å². The van der Waals surface area contributed by atoms with Crippen molar-refractivity contribution in [3.05, 3.63) is 0 Å². The Labute approximate surface area is 105 Å². The van der Waals surface area contributed by atoms with E-state index in [2.05, 4.69) is 26.1 Å². The molecule has 0 spiro atoms. The second-order valence-corrected chi connectivity index (χ2v) is 7.04. The second-order valence-electron chi connectivity index (χ2n) is 7.04. The molecule has 2 saturated carbocycles. The highest BCUT2D eigenvalue weighted by Gasteiger charge is 2.59. The summed E-state index contributed by atoms with van der Waals surface area (Å²) in [6.45, 7) is 8.13. The fourth-order valence-electron chi connectivity index (χ4n) is 4.54. The van der Waals surface area contributed by atoms with E-state index in [9.17, 15) is 0 Å². The normalized spacial score (nSPS) is 42.2. The van der Waals surface area contributed by atoms with Crippen LogP contribution in [0.15, 0.2) is 0 Å². The predicted molar refractivity (Wildman–Crippen MR) is 70.0 cm³/mol. The summed E-state index contributed by atoms with van der Waals surface area (Å²) >= 11 is 0. The van der Waals surface area contributed by atoms with E-state index in [1.807, 2.05) is 0 Å². The van der Waals surface area contributed by atoms with Gasteiger partial charge in [-0.2, -0.15) is 0 Å². The van der Waals surface area contributed by atoms with Crippen LogP contribution in [0.4, 0.5) is 0 Å². The van der Waals surface area contributed by atoms with Crippen LogP contribution in [0.3, 0.4) is 0 Å². The molecule has 4 atom stereocenters. The third-order valence-corrected chi connectivity index (χ3v) is 5.65. The van der Waals surface area contributed by atoms with Crippen molar-refractivity contribution in [3.63, 3.8) is 0 Å². The van der Waals surface area contributed by atoms with Gasteiger partial charge in [-0.05, 0) is 32.1 Å². The Kier molecular flexibility index (Phi) is 2.99. The van der Waals surface area contributed by atoms with E-state index in [1.54, 1.807) is 0 Å². The molecule has 1 heterocycles. The molecular weight excluding hydrogens is 210 g/mol. The van der Waals surface area contributed by atoms with Crippen LogP contribution in [0.5, 0.6) is 0 Å². The van der Waals surface area contributed by atoms with Gasteiger partial charge in [-0.15, -0.1) is 0 Å². The topological polar surface area (TPSA) is 21.3 Å². The lowest BCUT2D eigenvalue weighted by Crippen LogP contribution is -2.67. The Morgan fingerprint density at radius 2 is 1.88 bits per heavy atom. The van der Waals surface area contributed by atoms with Gasteiger partial charge in [-0.1, -0.05) is 26.7 Å². The molecule has 0 aromatic rings. The first-order valence-corrected chi connectivity index (χ1v) is 7.48. The maximum absolute atomic E-state index is 5.86. The van der Waals surface area contributed by atoms with Crippen molar-refractivity contribution >= 4 is 0 Å². The average molecular weight is 237 g/mol. The maximum atomic E-state index is 5.86. The molecule has 1 aliphatic heterocycles. The minimum atomic E-state index is 0.341. The summed E-state index contributed by atoms with van der Waals surface area (Å²) in [7, 11) is 0. The number of ether oxygens (including phenoxy) is 1. The standard InChI is InChI=1S/C15H27NO/c1-10(11-6-4-5-7-11)16-13-12-8-9-17-14(12)15(13,2)3/h10-14,16H,4-9H2,1-3H3. The summed E-state index contributed by atoms with van der Waals surface area (Å²) in [4.78, 5) is 0. The molecule has 4 unspecified atom stereocenters. The van der Waals surface area contributed by atoms with E-state index in [1.165, 1.54) is 32.1 Å². The highest BCUT2D eigenvalue weighted by Crippen LogP contribution is 2.52. The number of hydrogen-bond acceptors (Lipinski definition) is 2. The first-order chi connectivity index (χ1) is 8.10. The van der Waals surface area contributed by atoms with Crippen LogP contribution in [-0.2, 0) is 4.74 Å². The van der Waals surface area contributed by atoms with Gasteiger partial charge in [0.15, 0.2) is 0 Å². The van der Waals surface area contributed by atoms with Crippen molar-refractivity contribution in [2.75, 3.05) is 6.61 Å². The number of fused-ring (bicyclic) bond motifs is 1. The fourth-order valence-corrected chi connectivity index (χ4v) is 4.54. The lowest BCUT2D eigenvalue weighted by atomic mass is 9.57. The largest absolute Gasteiger partial charge is 0.377 e. The van der Waals surface area contributed by atoms with Gasteiger partial charge in [-0.25, -0.2) is 0 Å². The van der Waals surface area contributed by atoms with Gasteiger partial charge in [0.25, 0.3) is 0 Å². The molecule has 1 saturated heterocycles. The Morgan fingerprint density at radius 3 is 2.59 bits per heavy atom. The molecule has 0 aromatic carbocycles. The van der Waals surface area contributed by atoms with Crippen molar-refractivity contribution in [2.45, 2.75) is 71.1 Å². The van der Waals surface area contributed by atoms with Crippen LogP contribution >= 0.6 is 0 Å². The van der Waals surface area contributed by atoms with Crippen LogP contribution in [0, 0.1) is 17.3 Å². The molecule has 3 fully saturated rings. The molecule has 98 valence electrons. The van der Waals surface area contributed by atoms with E-state index in [0.29, 0.717) is 23.6 Å². The van der Waals surface area contributed by atoms with Gasteiger partial charge in [0.05, 0.1) is 6.10 Å². The predicted octanol–water partition coefficient (Wildman–Crippen LogP) is 2.97.